The molecule has 2 atom stereocenters. The van der Waals surface area contributed by atoms with E-state index in [4.69, 9.17) is 0 Å². The number of carbonyl (C=O) groups is 2. The summed E-state index contributed by atoms with van der Waals surface area (Å²) in [6, 6.07) is 17.9. The van der Waals surface area contributed by atoms with Gasteiger partial charge < -0.3 is 14.8 Å². The van der Waals surface area contributed by atoms with E-state index >= 15 is 0 Å². The lowest BCUT2D eigenvalue weighted by Gasteiger charge is -2.25. The standard InChI is InChI=1S/C23H26N4O2/c1-16(18-8-4-3-5-9-18)27-15-19(14-22(27)28)23(29)24-12-13-26-17(2)25-20-10-6-7-11-21(20)26/h3-11,16,19H,12-15H2,1-2H3,(H,24,29)/t16-,19-/m1/s1. The van der Waals surface area contributed by atoms with Crippen molar-refractivity contribution in [3.05, 3.63) is 66.0 Å². The molecule has 4 rings (SSSR count). The van der Waals surface area contributed by atoms with Crippen molar-refractivity contribution < 1.29 is 9.59 Å². The number of imidazole rings is 1. The SMILES string of the molecule is Cc1nc2ccccc2n1CCNC(=O)[C@@H]1CC(=O)N([C@H](C)c2ccccc2)C1. The molecule has 1 fully saturated rings. The molecular weight excluding hydrogens is 364 g/mol. The molecule has 1 N–H and O–H groups in total. The number of aromatic nitrogens is 2. The van der Waals surface area contributed by atoms with Gasteiger partial charge in [-0.25, -0.2) is 4.98 Å². The fourth-order valence-corrected chi connectivity index (χ4v) is 4.11. The average molecular weight is 390 g/mol. The number of fused-ring (bicyclic) bond motifs is 1. The number of para-hydroxylation sites is 2. The first-order chi connectivity index (χ1) is 14.0. The van der Waals surface area contributed by atoms with Crippen LogP contribution in [0.25, 0.3) is 11.0 Å². The lowest BCUT2D eigenvalue weighted by Crippen LogP contribution is -2.35. The summed E-state index contributed by atoms with van der Waals surface area (Å²) in [6.07, 6.45) is 0.274. The van der Waals surface area contributed by atoms with Gasteiger partial charge in [0.2, 0.25) is 11.8 Å². The number of nitrogens with one attached hydrogen (secondary N) is 1. The van der Waals surface area contributed by atoms with Crippen LogP contribution in [0.1, 0.15) is 30.8 Å². The highest BCUT2D eigenvalue weighted by Gasteiger charge is 2.36. The van der Waals surface area contributed by atoms with Crippen LogP contribution in [0.15, 0.2) is 54.6 Å². The molecule has 6 nitrogen and oxygen atoms in total. The largest absolute Gasteiger partial charge is 0.354 e. The Labute approximate surface area is 170 Å². The molecule has 2 heterocycles. The van der Waals surface area contributed by atoms with E-state index in [1.165, 1.54) is 0 Å². The molecule has 0 bridgehead atoms. The highest BCUT2D eigenvalue weighted by Crippen LogP contribution is 2.28. The first-order valence-corrected chi connectivity index (χ1v) is 10.1. The Morgan fingerprint density at radius 1 is 1.17 bits per heavy atom. The van der Waals surface area contributed by atoms with Gasteiger partial charge in [0.25, 0.3) is 0 Å². The molecule has 1 aliphatic heterocycles. The number of carbonyl (C=O) groups excluding carboxylic acids is 2. The third-order valence-electron chi connectivity index (χ3n) is 5.76. The molecule has 2 aromatic carbocycles. The van der Waals surface area contributed by atoms with Gasteiger partial charge in [0, 0.05) is 26.1 Å². The van der Waals surface area contributed by atoms with Crippen molar-refractivity contribution in [2.75, 3.05) is 13.1 Å². The molecular formula is C23H26N4O2. The van der Waals surface area contributed by atoms with Gasteiger partial charge in [-0.2, -0.15) is 0 Å². The van der Waals surface area contributed by atoms with E-state index in [2.05, 4.69) is 14.9 Å². The van der Waals surface area contributed by atoms with E-state index < -0.39 is 0 Å². The fraction of sp³-hybridized carbons (Fsp3) is 0.348. The van der Waals surface area contributed by atoms with Crippen LogP contribution in [0, 0.1) is 12.8 Å². The summed E-state index contributed by atoms with van der Waals surface area (Å²) in [7, 11) is 0. The summed E-state index contributed by atoms with van der Waals surface area (Å²) in [4.78, 5) is 31.5. The van der Waals surface area contributed by atoms with E-state index in [0.29, 0.717) is 19.6 Å². The molecule has 1 aromatic heterocycles. The van der Waals surface area contributed by atoms with Crippen molar-refractivity contribution in [3.63, 3.8) is 0 Å². The number of amides is 2. The number of hydrogen-bond donors (Lipinski definition) is 1. The van der Waals surface area contributed by atoms with Gasteiger partial charge in [0.1, 0.15) is 5.82 Å². The quantitative estimate of drug-likeness (QED) is 0.703. The van der Waals surface area contributed by atoms with Crippen molar-refractivity contribution in [3.8, 4) is 0 Å². The first-order valence-electron chi connectivity index (χ1n) is 10.1. The van der Waals surface area contributed by atoms with E-state index in [1.54, 1.807) is 0 Å². The van der Waals surface area contributed by atoms with E-state index in [9.17, 15) is 9.59 Å². The minimum Gasteiger partial charge on any atom is -0.354 e. The van der Waals surface area contributed by atoms with Crippen LogP contribution in [0.5, 0.6) is 0 Å². The number of likely N-dealkylation sites (tertiary alicyclic amines) is 1. The Morgan fingerprint density at radius 2 is 1.90 bits per heavy atom. The summed E-state index contributed by atoms with van der Waals surface area (Å²) in [6.45, 7) is 5.62. The number of aryl methyl sites for hydroxylation is 1. The Hall–Kier alpha value is -3.15. The molecule has 6 heteroatoms. The monoisotopic (exact) mass is 390 g/mol. The molecule has 0 spiro atoms. The summed E-state index contributed by atoms with van der Waals surface area (Å²) >= 11 is 0. The maximum Gasteiger partial charge on any atom is 0.225 e. The molecule has 2 amide bonds. The molecule has 0 aliphatic carbocycles. The van der Waals surface area contributed by atoms with E-state index in [0.717, 1.165) is 22.4 Å². The Balaban J connectivity index is 1.34. The van der Waals surface area contributed by atoms with Crippen molar-refractivity contribution >= 4 is 22.8 Å². The smallest absolute Gasteiger partial charge is 0.225 e. The lowest BCUT2D eigenvalue weighted by atomic mass is 10.1. The van der Waals surface area contributed by atoms with Crippen molar-refractivity contribution in [2.45, 2.75) is 32.9 Å². The Bertz CT molecular complexity index is 1030. The van der Waals surface area contributed by atoms with Gasteiger partial charge in [-0.1, -0.05) is 42.5 Å². The second kappa shape index (κ2) is 8.07. The maximum absolute atomic E-state index is 12.7. The minimum atomic E-state index is -0.297. The van der Waals surface area contributed by atoms with Crippen LogP contribution >= 0.6 is 0 Å². The van der Waals surface area contributed by atoms with Crippen LogP contribution in [0.4, 0.5) is 0 Å². The predicted molar refractivity (Wildman–Crippen MR) is 112 cm³/mol. The van der Waals surface area contributed by atoms with Crippen molar-refractivity contribution in [2.24, 2.45) is 5.92 Å². The summed E-state index contributed by atoms with van der Waals surface area (Å²) in [5, 5.41) is 3.01. The molecule has 1 saturated heterocycles. The van der Waals surface area contributed by atoms with Crippen molar-refractivity contribution in [1.82, 2.24) is 19.8 Å². The van der Waals surface area contributed by atoms with E-state index in [1.807, 2.05) is 73.3 Å². The van der Waals surface area contributed by atoms with Gasteiger partial charge in [-0.3, -0.25) is 9.59 Å². The predicted octanol–water partition coefficient (Wildman–Crippen LogP) is 3.07. The maximum atomic E-state index is 12.7. The molecule has 3 aromatic rings. The lowest BCUT2D eigenvalue weighted by molar-refractivity contribution is -0.130. The van der Waals surface area contributed by atoms with Crippen LogP contribution < -0.4 is 5.32 Å². The third kappa shape index (κ3) is 3.88. The molecule has 150 valence electrons. The minimum absolute atomic E-state index is 0.0264. The second-order valence-corrected chi connectivity index (χ2v) is 7.62. The van der Waals surface area contributed by atoms with Gasteiger partial charge in [0.05, 0.1) is 23.0 Å². The zero-order chi connectivity index (χ0) is 20.4. The molecule has 1 aliphatic rings. The molecule has 0 unspecified atom stereocenters. The fourth-order valence-electron chi connectivity index (χ4n) is 4.11. The zero-order valence-corrected chi connectivity index (χ0v) is 16.8. The molecule has 0 radical (unpaired) electrons. The normalized spacial score (nSPS) is 17.7. The molecule has 29 heavy (non-hydrogen) atoms. The van der Waals surface area contributed by atoms with Gasteiger partial charge in [-0.05, 0) is 31.5 Å². The summed E-state index contributed by atoms with van der Waals surface area (Å²) in [5.74, 6) is 0.620. The van der Waals surface area contributed by atoms with Crippen LogP contribution in [0.3, 0.4) is 0 Å². The Morgan fingerprint density at radius 3 is 2.69 bits per heavy atom. The first kappa shape index (κ1) is 19.2. The summed E-state index contributed by atoms with van der Waals surface area (Å²) < 4.78 is 2.11. The third-order valence-corrected chi connectivity index (χ3v) is 5.76. The van der Waals surface area contributed by atoms with E-state index in [-0.39, 0.29) is 30.2 Å². The summed E-state index contributed by atoms with van der Waals surface area (Å²) in [5.41, 5.74) is 3.12. The van der Waals surface area contributed by atoms with Crippen LogP contribution in [0.2, 0.25) is 0 Å². The van der Waals surface area contributed by atoms with Gasteiger partial charge in [-0.15, -0.1) is 0 Å². The van der Waals surface area contributed by atoms with Gasteiger partial charge >= 0.3 is 0 Å². The van der Waals surface area contributed by atoms with Crippen LogP contribution in [-0.4, -0.2) is 39.4 Å². The van der Waals surface area contributed by atoms with Gasteiger partial charge in [0.15, 0.2) is 0 Å². The number of nitrogens with zero attached hydrogens (tertiary/aromatic N) is 3. The molecule has 0 saturated carbocycles. The number of hydrogen-bond acceptors (Lipinski definition) is 3. The second-order valence-electron chi connectivity index (χ2n) is 7.62. The zero-order valence-electron chi connectivity index (χ0n) is 16.8. The Kier molecular flexibility index (Phi) is 5.34. The number of rotatable bonds is 6. The van der Waals surface area contributed by atoms with Crippen molar-refractivity contribution in [1.29, 1.82) is 0 Å². The topological polar surface area (TPSA) is 67.2 Å². The number of benzene rings is 2. The van der Waals surface area contributed by atoms with Crippen LogP contribution in [-0.2, 0) is 16.1 Å². The highest BCUT2D eigenvalue weighted by atomic mass is 16.2. The average Bonchev–Trinajstić information content (AvgIpc) is 3.28. The highest BCUT2D eigenvalue weighted by molar-refractivity contribution is 5.89.